The van der Waals surface area contributed by atoms with Gasteiger partial charge in [0, 0.05) is 32.0 Å². The minimum Gasteiger partial charge on any atom is -0.466 e. The van der Waals surface area contributed by atoms with E-state index in [0.717, 1.165) is 12.8 Å². The third-order valence-electron chi connectivity index (χ3n) is 6.09. The average molecular weight is 367 g/mol. The molecule has 0 bridgehead atoms. The fraction of sp³-hybridized carbons (Fsp3) is 0.850. The Labute approximate surface area is 157 Å². The molecule has 0 spiro atoms. The van der Waals surface area contributed by atoms with Crippen LogP contribution in [-0.4, -0.2) is 48.4 Å². The van der Waals surface area contributed by atoms with Gasteiger partial charge in [0.05, 0.1) is 12.5 Å². The van der Waals surface area contributed by atoms with E-state index in [2.05, 4.69) is 19.2 Å². The average Bonchev–Trinajstić information content (AvgIpc) is 2.64. The van der Waals surface area contributed by atoms with Gasteiger partial charge in [-0.1, -0.05) is 26.7 Å². The molecule has 6 heteroatoms. The third-order valence-corrected chi connectivity index (χ3v) is 6.09. The lowest BCUT2D eigenvalue weighted by Gasteiger charge is -2.34. The summed E-state index contributed by atoms with van der Waals surface area (Å²) in [4.78, 5) is 38.1. The first-order valence-corrected chi connectivity index (χ1v) is 10.2. The van der Waals surface area contributed by atoms with Crippen molar-refractivity contribution in [3.63, 3.8) is 0 Å². The number of hydrogen-bond acceptors (Lipinski definition) is 4. The maximum atomic E-state index is 12.3. The Balaban J connectivity index is 1.68. The van der Waals surface area contributed by atoms with Crippen LogP contribution in [0, 0.1) is 17.8 Å². The summed E-state index contributed by atoms with van der Waals surface area (Å²) in [5, 5.41) is 3.12. The fourth-order valence-electron chi connectivity index (χ4n) is 4.07. The molecule has 148 valence electrons. The molecule has 1 N–H and O–H groups in total. The number of ether oxygens (including phenoxy) is 1. The molecule has 2 amide bonds. The van der Waals surface area contributed by atoms with Crippen LogP contribution in [0.25, 0.3) is 0 Å². The SMILES string of the molecule is CCOC(=O)C1CCN(C(=O)CCC(=O)N[C@@H]2CCC[C@@H](C)[C@H]2C)CC1. The zero-order valence-electron chi connectivity index (χ0n) is 16.5. The largest absolute Gasteiger partial charge is 0.466 e. The Hall–Kier alpha value is -1.59. The molecule has 1 aliphatic heterocycles. The normalized spacial score (nSPS) is 27.0. The van der Waals surface area contributed by atoms with Crippen molar-refractivity contribution < 1.29 is 19.1 Å². The molecular formula is C20H34N2O4. The van der Waals surface area contributed by atoms with Crippen LogP contribution in [0.3, 0.4) is 0 Å². The summed E-state index contributed by atoms with van der Waals surface area (Å²) >= 11 is 0. The van der Waals surface area contributed by atoms with Crippen LogP contribution in [-0.2, 0) is 19.1 Å². The summed E-state index contributed by atoms with van der Waals surface area (Å²) in [6.45, 7) is 7.78. The number of likely N-dealkylation sites (tertiary alicyclic amines) is 1. The van der Waals surface area contributed by atoms with E-state index in [1.165, 1.54) is 6.42 Å². The van der Waals surface area contributed by atoms with Gasteiger partial charge in [-0.05, 0) is 38.0 Å². The van der Waals surface area contributed by atoms with Crippen LogP contribution in [0.5, 0.6) is 0 Å². The Morgan fingerprint density at radius 3 is 2.38 bits per heavy atom. The summed E-state index contributed by atoms with van der Waals surface area (Å²) in [5.74, 6) is 0.854. The Kier molecular flexibility index (Phi) is 7.91. The van der Waals surface area contributed by atoms with Gasteiger partial charge >= 0.3 is 5.97 Å². The summed E-state index contributed by atoms with van der Waals surface area (Å²) in [7, 11) is 0. The van der Waals surface area contributed by atoms with Gasteiger partial charge in [-0.25, -0.2) is 0 Å². The van der Waals surface area contributed by atoms with Gasteiger partial charge in [0.15, 0.2) is 0 Å². The molecule has 0 aromatic rings. The molecule has 2 fully saturated rings. The van der Waals surface area contributed by atoms with Crippen molar-refractivity contribution in [3.05, 3.63) is 0 Å². The molecule has 6 nitrogen and oxygen atoms in total. The van der Waals surface area contributed by atoms with E-state index in [1.54, 1.807) is 11.8 Å². The maximum Gasteiger partial charge on any atom is 0.309 e. The zero-order chi connectivity index (χ0) is 19.1. The van der Waals surface area contributed by atoms with Gasteiger partial charge < -0.3 is 15.0 Å². The first-order valence-electron chi connectivity index (χ1n) is 10.2. The van der Waals surface area contributed by atoms with Crippen molar-refractivity contribution in [2.45, 2.75) is 71.8 Å². The molecular weight excluding hydrogens is 332 g/mol. The lowest BCUT2D eigenvalue weighted by atomic mass is 9.78. The molecule has 0 aromatic carbocycles. The highest BCUT2D eigenvalue weighted by Gasteiger charge is 2.30. The first-order chi connectivity index (χ1) is 12.4. The van der Waals surface area contributed by atoms with Crippen molar-refractivity contribution in [3.8, 4) is 0 Å². The monoisotopic (exact) mass is 366 g/mol. The molecule has 2 aliphatic rings. The summed E-state index contributed by atoms with van der Waals surface area (Å²) in [5.41, 5.74) is 0. The van der Waals surface area contributed by atoms with Gasteiger partial charge in [-0.15, -0.1) is 0 Å². The smallest absolute Gasteiger partial charge is 0.309 e. The van der Waals surface area contributed by atoms with E-state index in [0.29, 0.717) is 44.4 Å². The molecule has 0 aromatic heterocycles. The quantitative estimate of drug-likeness (QED) is 0.733. The summed E-state index contributed by atoms with van der Waals surface area (Å²) in [6.07, 6.45) is 5.20. The number of hydrogen-bond donors (Lipinski definition) is 1. The van der Waals surface area contributed by atoms with Crippen LogP contribution in [0.1, 0.15) is 65.7 Å². The van der Waals surface area contributed by atoms with E-state index in [1.807, 2.05) is 0 Å². The molecule has 0 radical (unpaired) electrons. The Morgan fingerprint density at radius 1 is 1.04 bits per heavy atom. The van der Waals surface area contributed by atoms with Crippen molar-refractivity contribution >= 4 is 17.8 Å². The highest BCUT2D eigenvalue weighted by Crippen LogP contribution is 2.29. The lowest BCUT2D eigenvalue weighted by molar-refractivity contribution is -0.151. The number of rotatable bonds is 6. The molecule has 1 saturated carbocycles. The number of nitrogens with zero attached hydrogens (tertiary/aromatic N) is 1. The van der Waals surface area contributed by atoms with E-state index in [4.69, 9.17) is 4.74 Å². The van der Waals surface area contributed by atoms with Crippen molar-refractivity contribution in [1.29, 1.82) is 0 Å². The third kappa shape index (κ3) is 5.71. The fourth-order valence-corrected chi connectivity index (χ4v) is 4.07. The lowest BCUT2D eigenvalue weighted by Crippen LogP contribution is -2.44. The highest BCUT2D eigenvalue weighted by molar-refractivity contribution is 5.84. The number of nitrogens with one attached hydrogen (secondary N) is 1. The van der Waals surface area contributed by atoms with Crippen LogP contribution in [0.15, 0.2) is 0 Å². The number of esters is 1. The number of piperidine rings is 1. The molecule has 1 heterocycles. The van der Waals surface area contributed by atoms with E-state index < -0.39 is 0 Å². The molecule has 0 unspecified atom stereocenters. The van der Waals surface area contributed by atoms with E-state index >= 15 is 0 Å². The highest BCUT2D eigenvalue weighted by atomic mass is 16.5. The molecule has 1 saturated heterocycles. The van der Waals surface area contributed by atoms with Crippen molar-refractivity contribution in [2.24, 2.45) is 17.8 Å². The van der Waals surface area contributed by atoms with Crippen LogP contribution >= 0.6 is 0 Å². The number of amides is 2. The standard InChI is InChI=1S/C20H34N2O4/c1-4-26-20(25)16-10-12-22(13-11-16)19(24)9-8-18(23)21-17-7-5-6-14(2)15(17)3/h14-17H,4-13H2,1-3H3,(H,21,23)/t14-,15-,17-/m1/s1. The Bertz CT molecular complexity index is 500. The van der Waals surface area contributed by atoms with Gasteiger partial charge in [-0.3, -0.25) is 14.4 Å². The van der Waals surface area contributed by atoms with Crippen LogP contribution in [0.2, 0.25) is 0 Å². The second-order valence-electron chi connectivity index (χ2n) is 7.85. The first kappa shape index (κ1) is 20.7. The predicted molar refractivity (Wildman–Crippen MR) is 99.3 cm³/mol. The topological polar surface area (TPSA) is 75.7 Å². The summed E-state index contributed by atoms with van der Waals surface area (Å²) < 4.78 is 5.05. The number of carbonyl (C=O) groups is 3. The van der Waals surface area contributed by atoms with Gasteiger partial charge in [0.1, 0.15) is 0 Å². The van der Waals surface area contributed by atoms with E-state index in [9.17, 15) is 14.4 Å². The second kappa shape index (κ2) is 9.93. The van der Waals surface area contributed by atoms with Crippen molar-refractivity contribution in [2.75, 3.05) is 19.7 Å². The summed E-state index contributed by atoms with van der Waals surface area (Å²) in [6, 6.07) is 0.238. The Morgan fingerprint density at radius 2 is 1.73 bits per heavy atom. The van der Waals surface area contributed by atoms with Gasteiger partial charge in [0.2, 0.25) is 11.8 Å². The van der Waals surface area contributed by atoms with Crippen LogP contribution in [0.4, 0.5) is 0 Å². The maximum absolute atomic E-state index is 12.3. The van der Waals surface area contributed by atoms with E-state index in [-0.39, 0.29) is 42.6 Å². The van der Waals surface area contributed by atoms with Gasteiger partial charge in [0.25, 0.3) is 0 Å². The molecule has 1 aliphatic carbocycles. The molecule has 2 rings (SSSR count). The zero-order valence-corrected chi connectivity index (χ0v) is 16.5. The molecule has 26 heavy (non-hydrogen) atoms. The minimum absolute atomic E-state index is 0.00696. The van der Waals surface area contributed by atoms with Gasteiger partial charge in [-0.2, -0.15) is 0 Å². The molecule has 3 atom stereocenters. The predicted octanol–water partition coefficient (Wildman–Crippen LogP) is 2.51. The van der Waals surface area contributed by atoms with Crippen LogP contribution < -0.4 is 5.32 Å². The minimum atomic E-state index is -0.158. The van der Waals surface area contributed by atoms with Crippen molar-refractivity contribution in [1.82, 2.24) is 10.2 Å². The number of carbonyl (C=O) groups excluding carboxylic acids is 3. The second-order valence-corrected chi connectivity index (χ2v) is 7.85.